The van der Waals surface area contributed by atoms with Crippen LogP contribution >= 0.6 is 11.8 Å². The summed E-state index contributed by atoms with van der Waals surface area (Å²) in [6.45, 7) is 6.07. The van der Waals surface area contributed by atoms with Gasteiger partial charge in [0.2, 0.25) is 15.9 Å². The van der Waals surface area contributed by atoms with Gasteiger partial charge in [0.15, 0.2) is 5.78 Å². The number of thioether (sulfide) groups is 1. The van der Waals surface area contributed by atoms with Gasteiger partial charge in [-0.2, -0.15) is 0 Å². The van der Waals surface area contributed by atoms with E-state index in [9.17, 15) is 13.2 Å². The second-order valence-electron chi connectivity index (χ2n) is 7.53. The van der Waals surface area contributed by atoms with Gasteiger partial charge in [-0.25, -0.2) is 8.42 Å². The lowest BCUT2D eigenvalue weighted by atomic mass is 10.1. The van der Waals surface area contributed by atoms with Gasteiger partial charge in [0.1, 0.15) is 0 Å². The number of benzene rings is 2. The molecule has 4 rings (SSSR count). The molecular formula is C22H23N3O4S2. The first-order chi connectivity index (χ1) is 14.8. The zero-order valence-electron chi connectivity index (χ0n) is 17.6. The lowest BCUT2D eigenvalue weighted by Gasteiger charge is -2.18. The smallest absolute Gasteiger partial charge is 0.277 e. The summed E-state index contributed by atoms with van der Waals surface area (Å²) >= 11 is 1.19. The van der Waals surface area contributed by atoms with E-state index in [4.69, 9.17) is 4.42 Å². The molecule has 0 saturated carbocycles. The van der Waals surface area contributed by atoms with Crippen LogP contribution in [0.5, 0.6) is 0 Å². The minimum atomic E-state index is -3.30. The fourth-order valence-electron chi connectivity index (χ4n) is 3.68. The van der Waals surface area contributed by atoms with Crippen LogP contribution in [0.15, 0.2) is 46.0 Å². The Morgan fingerprint density at radius 3 is 2.58 bits per heavy atom. The van der Waals surface area contributed by atoms with Crippen molar-refractivity contribution < 1.29 is 17.6 Å². The number of hydrogen-bond acceptors (Lipinski definition) is 7. The maximum atomic E-state index is 12.7. The third-order valence-corrected chi connectivity index (χ3v) is 7.76. The molecule has 0 atom stereocenters. The molecule has 7 nitrogen and oxygen atoms in total. The third kappa shape index (κ3) is 4.52. The SMILES string of the molecule is CCS(=O)(=O)N1CCc2cc(C(=O)CSc3nnc(-c4cc(C)cc(C)c4)o3)ccc21. The van der Waals surface area contributed by atoms with Gasteiger partial charge in [-0.05, 0) is 63.1 Å². The molecular weight excluding hydrogens is 434 g/mol. The van der Waals surface area contributed by atoms with Crippen LogP contribution in [0.3, 0.4) is 0 Å². The summed E-state index contributed by atoms with van der Waals surface area (Å²) in [6, 6.07) is 11.2. The van der Waals surface area contributed by atoms with Crippen LogP contribution < -0.4 is 4.31 Å². The summed E-state index contributed by atoms with van der Waals surface area (Å²) in [7, 11) is -3.30. The predicted octanol–water partition coefficient (Wildman–Crippen LogP) is 4.04. The zero-order valence-corrected chi connectivity index (χ0v) is 19.2. The maximum absolute atomic E-state index is 12.7. The molecule has 1 aromatic heterocycles. The highest BCUT2D eigenvalue weighted by Crippen LogP contribution is 2.32. The van der Waals surface area contributed by atoms with Crippen molar-refractivity contribution in [3.63, 3.8) is 0 Å². The van der Waals surface area contributed by atoms with Crippen molar-refractivity contribution in [1.29, 1.82) is 0 Å². The van der Waals surface area contributed by atoms with Crippen molar-refractivity contribution in [2.45, 2.75) is 32.4 Å². The van der Waals surface area contributed by atoms with Crippen LogP contribution in [-0.4, -0.2) is 42.4 Å². The Bertz CT molecular complexity index is 1230. The van der Waals surface area contributed by atoms with Crippen molar-refractivity contribution in [3.8, 4) is 11.5 Å². The zero-order chi connectivity index (χ0) is 22.2. The van der Waals surface area contributed by atoms with Gasteiger partial charge >= 0.3 is 0 Å². The molecule has 2 aromatic carbocycles. The molecule has 0 unspecified atom stereocenters. The number of carbonyl (C=O) groups excluding carboxylic acids is 1. The second-order valence-corrected chi connectivity index (χ2v) is 10.6. The van der Waals surface area contributed by atoms with Crippen LogP contribution in [-0.2, 0) is 16.4 Å². The van der Waals surface area contributed by atoms with Crippen LogP contribution in [0, 0.1) is 13.8 Å². The Morgan fingerprint density at radius 1 is 1.13 bits per heavy atom. The van der Waals surface area contributed by atoms with Gasteiger partial charge in [-0.15, -0.1) is 10.2 Å². The quantitative estimate of drug-likeness (QED) is 0.390. The topological polar surface area (TPSA) is 93.4 Å². The highest BCUT2D eigenvalue weighted by Gasteiger charge is 2.28. The molecule has 0 saturated heterocycles. The van der Waals surface area contributed by atoms with E-state index in [1.54, 1.807) is 25.1 Å². The minimum Gasteiger partial charge on any atom is -0.411 e. The molecule has 1 aliphatic rings. The van der Waals surface area contributed by atoms with Gasteiger partial charge in [0.05, 0.1) is 17.2 Å². The predicted molar refractivity (Wildman–Crippen MR) is 121 cm³/mol. The first kappa shape index (κ1) is 21.6. The average Bonchev–Trinajstić information content (AvgIpc) is 3.38. The van der Waals surface area contributed by atoms with E-state index >= 15 is 0 Å². The van der Waals surface area contributed by atoms with Gasteiger partial charge < -0.3 is 4.42 Å². The van der Waals surface area contributed by atoms with E-state index in [-0.39, 0.29) is 17.3 Å². The number of sulfonamides is 1. The normalized spacial score (nSPS) is 13.5. The molecule has 1 aliphatic heterocycles. The molecule has 162 valence electrons. The summed E-state index contributed by atoms with van der Waals surface area (Å²) in [6.07, 6.45) is 0.603. The second kappa shape index (κ2) is 8.47. The van der Waals surface area contributed by atoms with Crippen molar-refractivity contribution in [1.82, 2.24) is 10.2 Å². The molecule has 2 heterocycles. The molecule has 0 aliphatic carbocycles. The number of fused-ring (bicyclic) bond motifs is 1. The number of carbonyl (C=O) groups is 1. The number of Topliss-reactive ketones (excluding diaryl/α,β-unsaturated/α-hetero) is 1. The van der Waals surface area contributed by atoms with Crippen molar-refractivity contribution in [3.05, 3.63) is 58.7 Å². The summed E-state index contributed by atoms with van der Waals surface area (Å²) in [5.74, 6) is 0.565. The lowest BCUT2D eigenvalue weighted by Crippen LogP contribution is -2.30. The molecule has 0 fully saturated rings. The highest BCUT2D eigenvalue weighted by molar-refractivity contribution is 7.99. The maximum Gasteiger partial charge on any atom is 0.277 e. The van der Waals surface area contributed by atoms with Gasteiger partial charge in [-0.1, -0.05) is 29.0 Å². The highest BCUT2D eigenvalue weighted by atomic mass is 32.2. The number of nitrogens with zero attached hydrogens (tertiary/aromatic N) is 3. The standard InChI is InChI=1S/C22H23N3O4S2/c1-4-31(27,28)25-8-7-16-12-17(5-6-19(16)25)20(26)13-30-22-24-23-21(29-22)18-10-14(2)9-15(3)11-18/h5-6,9-12H,4,7-8,13H2,1-3H3. The largest absolute Gasteiger partial charge is 0.411 e. The fourth-order valence-corrected chi connectivity index (χ4v) is 5.50. The van der Waals surface area contributed by atoms with Crippen LogP contribution in [0.1, 0.15) is 34.0 Å². The summed E-state index contributed by atoms with van der Waals surface area (Å²) in [5.41, 5.74) is 5.17. The number of hydrogen-bond donors (Lipinski definition) is 0. The first-order valence-corrected chi connectivity index (χ1v) is 12.6. The monoisotopic (exact) mass is 457 g/mol. The van der Waals surface area contributed by atoms with Gasteiger partial charge in [0, 0.05) is 17.7 Å². The Morgan fingerprint density at radius 2 is 1.87 bits per heavy atom. The molecule has 0 N–H and O–H groups in total. The van der Waals surface area contributed by atoms with E-state index in [0.717, 1.165) is 22.3 Å². The van der Waals surface area contributed by atoms with Crippen LogP contribution in [0.4, 0.5) is 5.69 Å². The summed E-state index contributed by atoms with van der Waals surface area (Å²) in [4.78, 5) is 12.7. The number of anilines is 1. The van der Waals surface area contributed by atoms with E-state index in [1.165, 1.54) is 16.1 Å². The van der Waals surface area contributed by atoms with E-state index in [1.807, 2.05) is 26.0 Å². The molecule has 0 spiro atoms. The number of ketones is 1. The fraction of sp³-hybridized carbons (Fsp3) is 0.318. The van der Waals surface area contributed by atoms with E-state index in [2.05, 4.69) is 16.3 Å². The molecule has 0 bridgehead atoms. The molecule has 31 heavy (non-hydrogen) atoms. The molecule has 3 aromatic rings. The molecule has 0 radical (unpaired) electrons. The first-order valence-electron chi connectivity index (χ1n) is 9.98. The van der Waals surface area contributed by atoms with Crippen molar-refractivity contribution >= 4 is 33.3 Å². The Balaban J connectivity index is 1.44. The van der Waals surface area contributed by atoms with Crippen LogP contribution in [0.2, 0.25) is 0 Å². The average molecular weight is 458 g/mol. The number of aryl methyl sites for hydroxylation is 2. The van der Waals surface area contributed by atoms with Crippen molar-refractivity contribution in [2.75, 3.05) is 22.4 Å². The number of rotatable bonds is 7. The van der Waals surface area contributed by atoms with Gasteiger partial charge in [-0.3, -0.25) is 9.10 Å². The molecule has 9 heteroatoms. The van der Waals surface area contributed by atoms with Crippen molar-refractivity contribution in [2.24, 2.45) is 0 Å². The Labute approximate surface area is 185 Å². The Hall–Kier alpha value is -2.65. The van der Waals surface area contributed by atoms with Gasteiger partial charge in [0.25, 0.3) is 5.22 Å². The van der Waals surface area contributed by atoms with Crippen LogP contribution in [0.25, 0.3) is 11.5 Å². The lowest BCUT2D eigenvalue weighted by molar-refractivity contribution is 0.102. The Kier molecular flexibility index (Phi) is 5.90. The third-order valence-electron chi connectivity index (χ3n) is 5.16. The summed E-state index contributed by atoms with van der Waals surface area (Å²) < 4.78 is 31.6. The molecule has 0 amide bonds. The summed E-state index contributed by atoms with van der Waals surface area (Å²) in [5, 5.41) is 8.47. The van der Waals surface area contributed by atoms with E-state index < -0.39 is 10.0 Å². The minimum absolute atomic E-state index is 0.0536. The number of aromatic nitrogens is 2. The van der Waals surface area contributed by atoms with E-state index in [0.29, 0.717) is 35.3 Å².